The third-order valence-electron chi connectivity index (χ3n) is 3.28. The van der Waals surface area contributed by atoms with Gasteiger partial charge in [0.1, 0.15) is 0 Å². The van der Waals surface area contributed by atoms with Gasteiger partial charge >= 0.3 is 0 Å². The van der Waals surface area contributed by atoms with Gasteiger partial charge in [-0.15, -0.1) is 0 Å². The molecule has 90 valence electrons. The van der Waals surface area contributed by atoms with Gasteiger partial charge in [-0.25, -0.2) is 0 Å². The van der Waals surface area contributed by atoms with Crippen molar-refractivity contribution >= 4 is 0 Å². The molecule has 0 bridgehead atoms. The fourth-order valence-electron chi connectivity index (χ4n) is 2.14. The van der Waals surface area contributed by atoms with Gasteiger partial charge in [0.25, 0.3) is 0 Å². The Morgan fingerprint density at radius 2 is 1.80 bits per heavy atom. The van der Waals surface area contributed by atoms with E-state index in [1.54, 1.807) is 0 Å². The van der Waals surface area contributed by atoms with Crippen LogP contribution in [0.2, 0.25) is 0 Å². The van der Waals surface area contributed by atoms with Crippen LogP contribution in [0.5, 0.6) is 0 Å². The zero-order valence-electron chi connectivity index (χ0n) is 10.2. The van der Waals surface area contributed by atoms with Gasteiger partial charge in [-0.2, -0.15) is 0 Å². The van der Waals surface area contributed by atoms with E-state index in [0.29, 0.717) is 0 Å². The quantitative estimate of drug-likeness (QED) is 0.624. The van der Waals surface area contributed by atoms with Crippen molar-refractivity contribution in [2.45, 2.75) is 44.6 Å². The molecule has 1 rings (SSSR count). The number of unbranched alkanes of at least 4 members (excludes halogenated alkanes) is 3. The Bertz CT molecular complexity index is 142. The Hall–Kier alpha value is -0.120. The maximum atomic E-state index is 5.45. The van der Waals surface area contributed by atoms with Gasteiger partial charge < -0.3 is 16.0 Å². The number of hydrogen-bond donors (Lipinski definition) is 2. The molecule has 0 radical (unpaired) electrons. The first-order chi connectivity index (χ1) is 7.33. The third-order valence-corrected chi connectivity index (χ3v) is 3.28. The second-order valence-corrected chi connectivity index (χ2v) is 4.73. The summed E-state index contributed by atoms with van der Waals surface area (Å²) < 4.78 is 0. The maximum absolute atomic E-state index is 5.45. The largest absolute Gasteiger partial charge is 0.330 e. The lowest BCUT2D eigenvalue weighted by atomic mass is 10.1. The fraction of sp³-hybridized carbons (Fsp3) is 1.00. The van der Waals surface area contributed by atoms with Crippen LogP contribution in [-0.4, -0.2) is 44.2 Å². The van der Waals surface area contributed by atoms with Gasteiger partial charge in [0.2, 0.25) is 0 Å². The topological polar surface area (TPSA) is 41.3 Å². The second-order valence-electron chi connectivity index (χ2n) is 4.73. The van der Waals surface area contributed by atoms with Crippen LogP contribution in [0, 0.1) is 0 Å². The van der Waals surface area contributed by atoms with Crippen LogP contribution < -0.4 is 11.1 Å². The Morgan fingerprint density at radius 3 is 2.47 bits per heavy atom. The van der Waals surface area contributed by atoms with Crippen LogP contribution in [-0.2, 0) is 0 Å². The summed E-state index contributed by atoms with van der Waals surface area (Å²) in [7, 11) is 2.21. The predicted octanol–water partition coefficient (Wildman–Crippen LogP) is 1.19. The van der Waals surface area contributed by atoms with Gasteiger partial charge in [0.05, 0.1) is 0 Å². The van der Waals surface area contributed by atoms with Gasteiger partial charge in [-0.3, -0.25) is 0 Å². The molecule has 0 atom stereocenters. The van der Waals surface area contributed by atoms with Crippen LogP contribution in [0.25, 0.3) is 0 Å². The smallest absolute Gasteiger partial charge is 0.00914 e. The summed E-state index contributed by atoms with van der Waals surface area (Å²) in [4.78, 5) is 2.42. The number of rotatable bonds is 7. The highest BCUT2D eigenvalue weighted by molar-refractivity contribution is 4.75. The molecular formula is C12H27N3. The van der Waals surface area contributed by atoms with E-state index in [1.807, 2.05) is 0 Å². The lowest BCUT2D eigenvalue weighted by Crippen LogP contribution is -2.41. The summed E-state index contributed by atoms with van der Waals surface area (Å²) in [6.07, 6.45) is 7.77. The molecular weight excluding hydrogens is 186 g/mol. The first kappa shape index (κ1) is 12.9. The summed E-state index contributed by atoms with van der Waals surface area (Å²) in [5, 5.41) is 3.66. The van der Waals surface area contributed by atoms with Gasteiger partial charge in [-0.05, 0) is 58.9 Å². The average molecular weight is 213 g/mol. The Kier molecular flexibility index (Phi) is 6.98. The molecule has 1 saturated heterocycles. The van der Waals surface area contributed by atoms with Gasteiger partial charge in [0.15, 0.2) is 0 Å². The summed E-state index contributed by atoms with van der Waals surface area (Å²) in [5.74, 6) is 0. The molecule has 1 heterocycles. The molecule has 3 N–H and O–H groups in total. The van der Waals surface area contributed by atoms with Crippen LogP contribution in [0.15, 0.2) is 0 Å². The molecule has 0 saturated carbocycles. The first-order valence-corrected chi connectivity index (χ1v) is 6.45. The number of piperidine rings is 1. The molecule has 0 unspecified atom stereocenters. The second kappa shape index (κ2) is 8.08. The molecule has 3 nitrogen and oxygen atoms in total. The van der Waals surface area contributed by atoms with E-state index < -0.39 is 0 Å². The Balaban J connectivity index is 1.87. The van der Waals surface area contributed by atoms with Gasteiger partial charge in [-0.1, -0.05) is 12.8 Å². The number of likely N-dealkylation sites (tertiary alicyclic amines) is 1. The lowest BCUT2D eigenvalue weighted by Gasteiger charge is -2.29. The van der Waals surface area contributed by atoms with E-state index in [0.717, 1.165) is 12.6 Å². The summed E-state index contributed by atoms with van der Waals surface area (Å²) in [6, 6.07) is 0.774. The highest BCUT2D eigenvalue weighted by Crippen LogP contribution is 2.08. The number of nitrogens with one attached hydrogen (secondary N) is 1. The highest BCUT2D eigenvalue weighted by atomic mass is 15.1. The van der Waals surface area contributed by atoms with Crippen LogP contribution in [0.3, 0.4) is 0 Å². The minimum Gasteiger partial charge on any atom is -0.330 e. The summed E-state index contributed by atoms with van der Waals surface area (Å²) in [5.41, 5.74) is 5.45. The van der Waals surface area contributed by atoms with Crippen molar-refractivity contribution in [3.8, 4) is 0 Å². The van der Waals surface area contributed by atoms with Crippen LogP contribution in [0.1, 0.15) is 38.5 Å². The monoisotopic (exact) mass is 213 g/mol. The molecule has 1 aliphatic rings. The average Bonchev–Trinajstić information content (AvgIpc) is 2.26. The zero-order chi connectivity index (χ0) is 10.9. The zero-order valence-corrected chi connectivity index (χ0v) is 10.2. The molecule has 15 heavy (non-hydrogen) atoms. The molecule has 0 aromatic carbocycles. The standard InChI is InChI=1S/C12H27N3/c1-15-10-6-12(7-11-15)14-9-5-3-2-4-8-13/h12,14H,2-11,13H2,1H3. The molecule has 0 spiro atoms. The number of nitrogens with two attached hydrogens (primary N) is 1. The third kappa shape index (κ3) is 6.13. The van der Waals surface area contributed by atoms with E-state index in [1.165, 1.54) is 58.2 Å². The minimum atomic E-state index is 0.774. The minimum absolute atomic E-state index is 0.774. The van der Waals surface area contributed by atoms with Crippen molar-refractivity contribution in [2.24, 2.45) is 5.73 Å². The van der Waals surface area contributed by atoms with Crippen molar-refractivity contribution in [1.82, 2.24) is 10.2 Å². The molecule has 0 amide bonds. The molecule has 0 aliphatic carbocycles. The van der Waals surface area contributed by atoms with Crippen molar-refractivity contribution in [2.75, 3.05) is 33.2 Å². The fourth-order valence-corrected chi connectivity index (χ4v) is 2.14. The molecule has 0 aromatic rings. The van der Waals surface area contributed by atoms with Gasteiger partial charge in [0, 0.05) is 6.04 Å². The molecule has 0 aromatic heterocycles. The van der Waals surface area contributed by atoms with E-state index in [9.17, 15) is 0 Å². The SMILES string of the molecule is CN1CCC(NCCCCCCN)CC1. The van der Waals surface area contributed by atoms with Crippen molar-refractivity contribution < 1.29 is 0 Å². The Labute approximate surface area is 94.4 Å². The maximum Gasteiger partial charge on any atom is 0.00914 e. The first-order valence-electron chi connectivity index (χ1n) is 6.45. The number of hydrogen-bond acceptors (Lipinski definition) is 3. The van der Waals surface area contributed by atoms with E-state index in [4.69, 9.17) is 5.73 Å². The lowest BCUT2D eigenvalue weighted by molar-refractivity contribution is 0.234. The van der Waals surface area contributed by atoms with Crippen molar-refractivity contribution in [3.63, 3.8) is 0 Å². The predicted molar refractivity (Wildman–Crippen MR) is 66.0 cm³/mol. The summed E-state index contributed by atoms with van der Waals surface area (Å²) in [6.45, 7) is 4.55. The number of nitrogens with zero attached hydrogens (tertiary/aromatic N) is 1. The molecule has 3 heteroatoms. The van der Waals surface area contributed by atoms with E-state index in [2.05, 4.69) is 17.3 Å². The molecule has 1 aliphatic heterocycles. The van der Waals surface area contributed by atoms with Crippen molar-refractivity contribution in [1.29, 1.82) is 0 Å². The normalized spacial score (nSPS) is 19.6. The van der Waals surface area contributed by atoms with E-state index >= 15 is 0 Å². The van der Waals surface area contributed by atoms with Crippen LogP contribution >= 0.6 is 0 Å². The highest BCUT2D eigenvalue weighted by Gasteiger charge is 2.14. The summed E-state index contributed by atoms with van der Waals surface area (Å²) >= 11 is 0. The van der Waals surface area contributed by atoms with Crippen LogP contribution in [0.4, 0.5) is 0 Å². The molecule has 1 fully saturated rings. The Morgan fingerprint density at radius 1 is 1.13 bits per heavy atom. The van der Waals surface area contributed by atoms with E-state index in [-0.39, 0.29) is 0 Å². The van der Waals surface area contributed by atoms with Crippen molar-refractivity contribution in [3.05, 3.63) is 0 Å².